The van der Waals surface area contributed by atoms with Gasteiger partial charge in [0.1, 0.15) is 0 Å². The molecule has 0 spiro atoms. The van der Waals surface area contributed by atoms with E-state index in [0.29, 0.717) is 38.7 Å². The summed E-state index contributed by atoms with van der Waals surface area (Å²) in [6.45, 7) is 2.13. The molecule has 2 aromatic carbocycles. The molecule has 29 heavy (non-hydrogen) atoms. The zero-order valence-electron chi connectivity index (χ0n) is 16.2. The van der Waals surface area contributed by atoms with E-state index in [1.165, 1.54) is 11.1 Å². The number of hydrazone groups is 1. The SMILES string of the molecule is CCOc1cc(/C=N/NC(=O)c2ccccc2Cl)cc(Br)c1OCC(=O)N(C)C. The molecule has 0 aliphatic carbocycles. The van der Waals surface area contributed by atoms with E-state index >= 15 is 0 Å². The summed E-state index contributed by atoms with van der Waals surface area (Å²) in [6.07, 6.45) is 1.47. The molecule has 2 rings (SSSR count). The second-order valence-electron chi connectivity index (χ2n) is 6.02. The molecule has 0 aliphatic heterocycles. The monoisotopic (exact) mass is 481 g/mol. The molecule has 0 aromatic heterocycles. The first-order valence-electron chi connectivity index (χ1n) is 8.70. The van der Waals surface area contributed by atoms with Crippen molar-refractivity contribution in [3.05, 3.63) is 57.0 Å². The van der Waals surface area contributed by atoms with Crippen molar-refractivity contribution in [1.29, 1.82) is 0 Å². The Bertz CT molecular complexity index is 919. The fourth-order valence-corrected chi connectivity index (χ4v) is 3.00. The van der Waals surface area contributed by atoms with Gasteiger partial charge in [0.15, 0.2) is 18.1 Å². The summed E-state index contributed by atoms with van der Waals surface area (Å²) < 4.78 is 11.8. The number of nitrogens with zero attached hydrogens (tertiary/aromatic N) is 2. The van der Waals surface area contributed by atoms with Crippen LogP contribution in [0.2, 0.25) is 5.02 Å². The molecule has 7 nitrogen and oxygen atoms in total. The lowest BCUT2D eigenvalue weighted by molar-refractivity contribution is -0.130. The molecule has 0 saturated carbocycles. The molecule has 0 atom stereocenters. The fraction of sp³-hybridized carbons (Fsp3) is 0.250. The van der Waals surface area contributed by atoms with Crippen LogP contribution in [0.25, 0.3) is 0 Å². The summed E-state index contributed by atoms with van der Waals surface area (Å²) in [5.41, 5.74) is 3.42. The van der Waals surface area contributed by atoms with Crippen LogP contribution in [0.15, 0.2) is 46.0 Å². The molecule has 9 heteroatoms. The standard InChI is InChI=1S/C20H21BrClN3O4/c1-4-28-17-10-13(9-15(21)19(17)29-12-18(26)25(2)3)11-23-24-20(27)14-7-5-6-8-16(14)22/h5-11H,4,12H2,1-3H3,(H,24,27)/b23-11+. The van der Waals surface area contributed by atoms with Gasteiger partial charge in [-0.2, -0.15) is 5.10 Å². The third-order valence-corrected chi connectivity index (χ3v) is 4.59. The number of ether oxygens (including phenoxy) is 2. The van der Waals surface area contributed by atoms with Gasteiger partial charge in [0.25, 0.3) is 11.8 Å². The molecule has 0 bridgehead atoms. The normalized spacial score (nSPS) is 10.7. The van der Waals surface area contributed by atoms with E-state index in [4.69, 9.17) is 21.1 Å². The molecule has 0 radical (unpaired) electrons. The van der Waals surface area contributed by atoms with E-state index in [9.17, 15) is 9.59 Å². The summed E-state index contributed by atoms with van der Waals surface area (Å²) in [5, 5.41) is 4.31. The number of carbonyl (C=O) groups excluding carboxylic acids is 2. The number of halogens is 2. The van der Waals surface area contributed by atoms with Gasteiger partial charge in [0.2, 0.25) is 0 Å². The van der Waals surface area contributed by atoms with Gasteiger partial charge in [-0.05, 0) is 52.7 Å². The van der Waals surface area contributed by atoms with Gasteiger partial charge in [-0.1, -0.05) is 23.7 Å². The maximum absolute atomic E-state index is 12.2. The zero-order valence-corrected chi connectivity index (χ0v) is 18.6. The number of nitrogens with one attached hydrogen (secondary N) is 1. The molecule has 2 aromatic rings. The van der Waals surface area contributed by atoms with Crippen LogP contribution in [-0.4, -0.2) is 50.2 Å². The van der Waals surface area contributed by atoms with Crippen molar-refractivity contribution >= 4 is 45.6 Å². The van der Waals surface area contributed by atoms with Crippen molar-refractivity contribution in [2.45, 2.75) is 6.92 Å². The van der Waals surface area contributed by atoms with Gasteiger partial charge in [-0.15, -0.1) is 0 Å². The first-order valence-corrected chi connectivity index (χ1v) is 9.87. The summed E-state index contributed by atoms with van der Waals surface area (Å²) in [6, 6.07) is 10.1. The van der Waals surface area contributed by atoms with Crippen LogP contribution in [0.3, 0.4) is 0 Å². The highest BCUT2D eigenvalue weighted by Crippen LogP contribution is 2.36. The van der Waals surface area contributed by atoms with Crippen LogP contribution in [0.5, 0.6) is 11.5 Å². The average Bonchev–Trinajstić information content (AvgIpc) is 2.67. The molecule has 1 N–H and O–H groups in total. The zero-order chi connectivity index (χ0) is 21.4. The Kier molecular flexibility index (Phi) is 8.48. The lowest BCUT2D eigenvalue weighted by atomic mass is 10.2. The molecule has 154 valence electrons. The van der Waals surface area contributed by atoms with Crippen LogP contribution >= 0.6 is 27.5 Å². The number of carbonyl (C=O) groups is 2. The highest BCUT2D eigenvalue weighted by molar-refractivity contribution is 9.10. The Hall–Kier alpha value is -2.58. The van der Waals surface area contributed by atoms with Crippen molar-refractivity contribution in [3.63, 3.8) is 0 Å². The Balaban J connectivity index is 2.14. The summed E-state index contributed by atoms with van der Waals surface area (Å²) in [7, 11) is 3.31. The number of amides is 2. The molecular formula is C20H21BrClN3O4. The molecule has 0 saturated heterocycles. The Morgan fingerprint density at radius 3 is 2.62 bits per heavy atom. The predicted molar refractivity (Wildman–Crippen MR) is 116 cm³/mol. The van der Waals surface area contributed by atoms with E-state index in [1.54, 1.807) is 50.5 Å². The van der Waals surface area contributed by atoms with Crippen LogP contribution < -0.4 is 14.9 Å². The van der Waals surface area contributed by atoms with E-state index < -0.39 is 5.91 Å². The van der Waals surface area contributed by atoms with Gasteiger partial charge in [0, 0.05) is 14.1 Å². The third kappa shape index (κ3) is 6.47. The van der Waals surface area contributed by atoms with Crippen LogP contribution in [0.1, 0.15) is 22.8 Å². The second-order valence-corrected chi connectivity index (χ2v) is 7.28. The Morgan fingerprint density at radius 1 is 1.24 bits per heavy atom. The van der Waals surface area contributed by atoms with Gasteiger partial charge in [-0.25, -0.2) is 5.43 Å². The molecular weight excluding hydrogens is 462 g/mol. The molecule has 2 amide bonds. The van der Waals surface area contributed by atoms with Crippen LogP contribution in [0.4, 0.5) is 0 Å². The first kappa shape index (κ1) is 22.7. The number of benzene rings is 2. The molecule has 0 unspecified atom stereocenters. The van der Waals surface area contributed by atoms with E-state index in [1.807, 2.05) is 6.92 Å². The summed E-state index contributed by atoms with van der Waals surface area (Å²) in [5.74, 6) is 0.275. The van der Waals surface area contributed by atoms with E-state index in [2.05, 4.69) is 26.5 Å². The van der Waals surface area contributed by atoms with Gasteiger partial charge in [-0.3, -0.25) is 9.59 Å². The summed E-state index contributed by atoms with van der Waals surface area (Å²) in [4.78, 5) is 25.4. The average molecular weight is 483 g/mol. The quantitative estimate of drug-likeness (QED) is 0.459. The van der Waals surface area contributed by atoms with Crippen molar-refractivity contribution in [1.82, 2.24) is 10.3 Å². The van der Waals surface area contributed by atoms with Gasteiger partial charge < -0.3 is 14.4 Å². The second kappa shape index (κ2) is 10.8. The third-order valence-electron chi connectivity index (χ3n) is 3.67. The summed E-state index contributed by atoms with van der Waals surface area (Å²) >= 11 is 9.43. The topological polar surface area (TPSA) is 80.2 Å². The van der Waals surface area contributed by atoms with Gasteiger partial charge in [0.05, 0.1) is 27.9 Å². The van der Waals surface area contributed by atoms with Crippen LogP contribution in [0, 0.1) is 0 Å². The number of hydrogen-bond acceptors (Lipinski definition) is 5. The largest absolute Gasteiger partial charge is 0.490 e. The number of likely N-dealkylation sites (N-methyl/N-ethyl adjacent to an activating group) is 1. The maximum Gasteiger partial charge on any atom is 0.272 e. The van der Waals surface area contributed by atoms with E-state index in [0.717, 1.165) is 0 Å². The number of hydrogen-bond donors (Lipinski definition) is 1. The van der Waals surface area contributed by atoms with E-state index in [-0.39, 0.29) is 12.5 Å². The van der Waals surface area contributed by atoms with Crippen molar-refractivity contribution < 1.29 is 19.1 Å². The highest BCUT2D eigenvalue weighted by Gasteiger charge is 2.14. The molecule has 0 fully saturated rings. The molecule has 0 heterocycles. The Labute approximate surface area is 182 Å². The smallest absolute Gasteiger partial charge is 0.272 e. The van der Waals surface area contributed by atoms with Crippen molar-refractivity contribution in [3.8, 4) is 11.5 Å². The van der Waals surface area contributed by atoms with Crippen molar-refractivity contribution in [2.24, 2.45) is 5.10 Å². The van der Waals surface area contributed by atoms with Gasteiger partial charge >= 0.3 is 0 Å². The molecule has 0 aliphatic rings. The van der Waals surface area contributed by atoms with Crippen LogP contribution in [-0.2, 0) is 4.79 Å². The highest BCUT2D eigenvalue weighted by atomic mass is 79.9. The number of rotatable bonds is 8. The minimum absolute atomic E-state index is 0.118. The first-order chi connectivity index (χ1) is 13.8. The predicted octanol–water partition coefficient (Wildman–Crippen LogP) is 3.73. The minimum Gasteiger partial charge on any atom is -0.490 e. The fourth-order valence-electron chi connectivity index (χ4n) is 2.20. The maximum atomic E-state index is 12.2. The minimum atomic E-state index is -0.418. The van der Waals surface area contributed by atoms with Crippen molar-refractivity contribution in [2.75, 3.05) is 27.3 Å². The Morgan fingerprint density at radius 2 is 1.97 bits per heavy atom. The lowest BCUT2D eigenvalue weighted by Crippen LogP contribution is -2.27. The lowest BCUT2D eigenvalue weighted by Gasteiger charge is -2.16.